The number of hydrogen-bond acceptors (Lipinski definition) is 5. The monoisotopic (exact) mass is 491 g/mol. The van der Waals surface area contributed by atoms with Gasteiger partial charge in [0, 0.05) is 41.6 Å². The number of benzene rings is 2. The number of aryl methyl sites for hydroxylation is 2. The maximum Gasteiger partial charge on any atom is 0.243 e. The molecule has 29 heavy (non-hydrogen) atoms. The number of anilines is 1. The quantitative estimate of drug-likeness (QED) is 0.530. The predicted octanol–water partition coefficient (Wildman–Crippen LogP) is 4.70. The zero-order chi connectivity index (χ0) is 20.6. The van der Waals surface area contributed by atoms with Gasteiger partial charge < -0.3 is 4.90 Å². The van der Waals surface area contributed by atoms with Crippen molar-refractivity contribution < 1.29 is 8.42 Å². The van der Waals surface area contributed by atoms with Crippen LogP contribution in [0.15, 0.2) is 57.2 Å². The van der Waals surface area contributed by atoms with Crippen molar-refractivity contribution >= 4 is 42.4 Å². The lowest BCUT2D eigenvalue weighted by Crippen LogP contribution is -2.48. The number of aromatic nitrogens is 1. The highest BCUT2D eigenvalue weighted by Crippen LogP contribution is 2.32. The Balaban J connectivity index is 1.48. The molecule has 1 fully saturated rings. The first-order valence-corrected chi connectivity index (χ1v) is 12.5. The Labute approximate surface area is 184 Å². The summed E-state index contributed by atoms with van der Waals surface area (Å²) >= 11 is 4.97. The molecule has 0 atom stereocenters. The van der Waals surface area contributed by atoms with Crippen LogP contribution >= 0.6 is 27.3 Å². The Morgan fingerprint density at radius 2 is 1.59 bits per heavy atom. The average Bonchev–Trinajstić information content (AvgIpc) is 3.18. The molecule has 1 aliphatic rings. The summed E-state index contributed by atoms with van der Waals surface area (Å²) in [6, 6.07) is 13.1. The molecule has 0 unspecified atom stereocenters. The fourth-order valence-electron chi connectivity index (χ4n) is 3.62. The van der Waals surface area contributed by atoms with E-state index < -0.39 is 10.0 Å². The van der Waals surface area contributed by atoms with Gasteiger partial charge in [-0.2, -0.15) is 4.31 Å². The Kier molecular flexibility index (Phi) is 5.79. The summed E-state index contributed by atoms with van der Waals surface area (Å²) in [6.07, 6.45) is 0. The molecule has 0 saturated carbocycles. The lowest BCUT2D eigenvalue weighted by molar-refractivity contribution is 0.385. The van der Waals surface area contributed by atoms with E-state index in [1.807, 2.05) is 0 Å². The third-order valence-electron chi connectivity index (χ3n) is 5.19. The van der Waals surface area contributed by atoms with Crippen molar-refractivity contribution in [3.8, 4) is 11.3 Å². The molecule has 5 nitrogen and oxygen atoms in total. The minimum absolute atomic E-state index is 0.334. The summed E-state index contributed by atoms with van der Waals surface area (Å²) in [6.45, 7) is 6.39. The van der Waals surface area contributed by atoms with Gasteiger partial charge in [-0.1, -0.05) is 34.1 Å². The van der Waals surface area contributed by atoms with Crippen LogP contribution in [0.1, 0.15) is 11.1 Å². The molecule has 3 aromatic rings. The lowest BCUT2D eigenvalue weighted by Gasteiger charge is -2.33. The Morgan fingerprint density at radius 1 is 0.966 bits per heavy atom. The fraction of sp³-hybridized carbons (Fsp3) is 0.286. The third kappa shape index (κ3) is 4.12. The van der Waals surface area contributed by atoms with E-state index in [0.717, 1.165) is 15.3 Å². The Bertz CT molecular complexity index is 1100. The number of piperazine rings is 1. The van der Waals surface area contributed by atoms with Crippen molar-refractivity contribution in [2.24, 2.45) is 0 Å². The molecular formula is C21H22BrN3O2S2. The number of halogens is 1. The molecule has 0 amide bonds. The number of nitrogens with zero attached hydrogens (tertiary/aromatic N) is 3. The molecule has 1 aromatic heterocycles. The summed E-state index contributed by atoms with van der Waals surface area (Å²) in [5, 5.41) is 3.04. The summed E-state index contributed by atoms with van der Waals surface area (Å²) in [5.41, 5.74) is 4.61. The highest BCUT2D eigenvalue weighted by molar-refractivity contribution is 9.10. The number of sulfonamides is 1. The molecule has 1 aliphatic heterocycles. The van der Waals surface area contributed by atoms with Crippen LogP contribution in [0.25, 0.3) is 11.3 Å². The van der Waals surface area contributed by atoms with Crippen molar-refractivity contribution in [1.82, 2.24) is 9.29 Å². The molecule has 4 rings (SSSR count). The van der Waals surface area contributed by atoms with Crippen LogP contribution in [0.4, 0.5) is 5.13 Å². The molecule has 0 spiro atoms. The highest BCUT2D eigenvalue weighted by atomic mass is 79.9. The third-order valence-corrected chi connectivity index (χ3v) is 8.53. The smallest absolute Gasteiger partial charge is 0.243 e. The number of rotatable bonds is 4. The van der Waals surface area contributed by atoms with Gasteiger partial charge in [0.05, 0.1) is 10.6 Å². The van der Waals surface area contributed by atoms with E-state index in [4.69, 9.17) is 4.98 Å². The van der Waals surface area contributed by atoms with Gasteiger partial charge in [0.1, 0.15) is 0 Å². The maximum absolute atomic E-state index is 12.9. The van der Waals surface area contributed by atoms with Crippen LogP contribution in [0.3, 0.4) is 0 Å². The van der Waals surface area contributed by atoms with E-state index in [0.29, 0.717) is 31.1 Å². The molecule has 0 bridgehead atoms. The van der Waals surface area contributed by atoms with Crippen molar-refractivity contribution in [2.75, 3.05) is 31.1 Å². The first kappa shape index (κ1) is 20.5. The standard InChI is InChI=1S/C21H22BrN3O2S2/c1-15-4-3-5-16(2)20(15)19-14-28-21(23-19)24-10-12-25(13-11-24)29(26,27)18-8-6-17(22)7-9-18/h3-9,14H,10-13H2,1-2H3. The zero-order valence-corrected chi connectivity index (χ0v) is 19.5. The Hall–Kier alpha value is -1.74. The highest BCUT2D eigenvalue weighted by Gasteiger charge is 2.29. The van der Waals surface area contributed by atoms with Crippen molar-refractivity contribution in [1.29, 1.82) is 0 Å². The largest absolute Gasteiger partial charge is 0.345 e. The predicted molar refractivity (Wildman–Crippen MR) is 122 cm³/mol. The van der Waals surface area contributed by atoms with Crippen LogP contribution in [0, 0.1) is 13.8 Å². The van der Waals surface area contributed by atoms with E-state index in [2.05, 4.69) is 58.3 Å². The minimum Gasteiger partial charge on any atom is -0.345 e. The van der Waals surface area contributed by atoms with E-state index in [1.54, 1.807) is 39.9 Å². The zero-order valence-electron chi connectivity index (χ0n) is 16.3. The fourth-order valence-corrected chi connectivity index (χ4v) is 6.18. The molecule has 1 saturated heterocycles. The van der Waals surface area contributed by atoms with Crippen LogP contribution in [-0.4, -0.2) is 43.9 Å². The second-order valence-electron chi connectivity index (χ2n) is 7.13. The first-order valence-electron chi connectivity index (χ1n) is 9.39. The Morgan fingerprint density at radius 3 is 2.21 bits per heavy atom. The van der Waals surface area contributed by atoms with Crippen molar-refractivity contribution in [3.63, 3.8) is 0 Å². The number of thiazole rings is 1. The van der Waals surface area contributed by atoms with Gasteiger partial charge in [0.2, 0.25) is 10.0 Å². The van der Waals surface area contributed by atoms with Gasteiger partial charge in [-0.25, -0.2) is 13.4 Å². The van der Waals surface area contributed by atoms with Crippen LogP contribution < -0.4 is 4.90 Å². The summed E-state index contributed by atoms with van der Waals surface area (Å²) in [7, 11) is -3.46. The topological polar surface area (TPSA) is 53.5 Å². The van der Waals surface area contributed by atoms with Crippen LogP contribution in [0.5, 0.6) is 0 Å². The SMILES string of the molecule is Cc1cccc(C)c1-c1csc(N2CCN(S(=O)(=O)c3ccc(Br)cc3)CC2)n1. The summed E-state index contributed by atoms with van der Waals surface area (Å²) in [4.78, 5) is 7.36. The molecule has 0 N–H and O–H groups in total. The van der Waals surface area contributed by atoms with E-state index in [9.17, 15) is 8.42 Å². The normalized spacial score (nSPS) is 15.6. The maximum atomic E-state index is 12.9. The minimum atomic E-state index is -3.46. The summed E-state index contributed by atoms with van der Waals surface area (Å²) in [5.74, 6) is 0. The second-order valence-corrected chi connectivity index (χ2v) is 10.8. The molecule has 0 radical (unpaired) electrons. The van der Waals surface area contributed by atoms with E-state index in [-0.39, 0.29) is 0 Å². The van der Waals surface area contributed by atoms with Gasteiger partial charge in [-0.05, 0) is 49.2 Å². The lowest BCUT2D eigenvalue weighted by atomic mass is 10.0. The molecule has 2 aromatic carbocycles. The van der Waals surface area contributed by atoms with Crippen LogP contribution in [-0.2, 0) is 10.0 Å². The molecule has 2 heterocycles. The van der Waals surface area contributed by atoms with Crippen molar-refractivity contribution in [3.05, 3.63) is 63.4 Å². The molecule has 0 aliphatic carbocycles. The van der Waals surface area contributed by atoms with Gasteiger partial charge in [0.25, 0.3) is 0 Å². The van der Waals surface area contributed by atoms with Gasteiger partial charge in [0.15, 0.2) is 5.13 Å². The number of hydrogen-bond donors (Lipinski definition) is 0. The molecule has 8 heteroatoms. The second kappa shape index (κ2) is 8.18. The van der Waals surface area contributed by atoms with Crippen LogP contribution in [0.2, 0.25) is 0 Å². The molecular weight excluding hydrogens is 470 g/mol. The van der Waals surface area contributed by atoms with Crippen molar-refractivity contribution in [2.45, 2.75) is 18.7 Å². The van der Waals surface area contributed by atoms with E-state index in [1.165, 1.54) is 16.7 Å². The average molecular weight is 492 g/mol. The van der Waals surface area contributed by atoms with Gasteiger partial charge >= 0.3 is 0 Å². The van der Waals surface area contributed by atoms with Gasteiger partial charge in [-0.15, -0.1) is 11.3 Å². The first-order chi connectivity index (χ1) is 13.9. The van der Waals surface area contributed by atoms with E-state index >= 15 is 0 Å². The molecule has 152 valence electrons. The summed E-state index contributed by atoms with van der Waals surface area (Å²) < 4.78 is 28.2. The van der Waals surface area contributed by atoms with Gasteiger partial charge in [-0.3, -0.25) is 0 Å².